The molecule has 0 aliphatic heterocycles. The minimum atomic E-state index is 0.101. The Morgan fingerprint density at radius 3 is 2.67 bits per heavy atom. The quantitative estimate of drug-likeness (QED) is 0.260. The zero-order chi connectivity index (χ0) is 4.83. The summed E-state index contributed by atoms with van der Waals surface area (Å²) in [5.74, 6) is 0. The third kappa shape index (κ3) is 3.32. The summed E-state index contributed by atoms with van der Waals surface area (Å²) in [6, 6.07) is 2.16. The average Bonchev–Trinajstić information content (AvgIpc) is 1.61. The Morgan fingerprint density at radius 1 is 1.83 bits per heavy atom. The molecule has 0 rings (SSSR count). The van der Waals surface area contributed by atoms with Gasteiger partial charge in [-0.25, -0.2) is 0 Å². The third-order valence-electron chi connectivity index (χ3n) is 0.339. The summed E-state index contributed by atoms with van der Waals surface area (Å²) in [6.45, 7) is 0.584. The number of aliphatic hydroxyl groups excluding tert-OH is 1. The van der Waals surface area contributed by atoms with E-state index in [4.69, 9.17) is 11.5 Å². The molecule has 0 aromatic carbocycles. The third-order valence-corrected chi connectivity index (χ3v) is 0.339. The highest BCUT2D eigenvalue weighted by Gasteiger charge is 1.68. The predicted octanol–water partition coefficient (Wildman–Crippen LogP) is -0.841. The van der Waals surface area contributed by atoms with Gasteiger partial charge in [-0.05, 0) is 0 Å². The lowest BCUT2D eigenvalue weighted by molar-refractivity contribution is 0.299. The highest BCUT2D eigenvalue weighted by molar-refractivity contribution is 4.78. The second kappa shape index (κ2) is 4.32. The second-order valence-corrected chi connectivity index (χ2v) is 0.795. The van der Waals surface area contributed by atoms with Crippen molar-refractivity contribution in [3.63, 3.8) is 0 Å². The molecule has 0 spiro atoms. The summed E-state index contributed by atoms with van der Waals surface area (Å²) < 4.78 is 0. The average molecular weight is 85.1 g/mol. The van der Waals surface area contributed by atoms with E-state index in [0.29, 0.717) is 6.54 Å². The molecule has 34 valence electrons. The normalized spacial score (nSPS) is 6.67. The smallest absolute Gasteiger partial charge is 0.0611 e. The molecule has 0 radical (unpaired) electrons. The Kier molecular flexibility index (Phi) is 3.83. The van der Waals surface area contributed by atoms with Crippen LogP contribution in [-0.2, 0) is 0 Å². The molecule has 0 aliphatic rings. The van der Waals surface area contributed by atoms with Gasteiger partial charge < -0.3 is 10.4 Å². The van der Waals surface area contributed by atoms with Gasteiger partial charge in [0.2, 0.25) is 0 Å². The molecule has 0 aliphatic carbocycles. The van der Waals surface area contributed by atoms with Crippen molar-refractivity contribution in [2.75, 3.05) is 13.2 Å². The maximum absolute atomic E-state index is 8.04. The van der Waals surface area contributed by atoms with Crippen molar-refractivity contribution in [1.29, 1.82) is 0 Å². The fourth-order valence-corrected chi connectivity index (χ4v) is 0.128. The highest BCUT2D eigenvalue weighted by atomic mass is 16.3. The van der Waals surface area contributed by atoms with E-state index >= 15 is 0 Å². The van der Waals surface area contributed by atoms with Crippen molar-refractivity contribution in [3.8, 4) is 12.5 Å². The van der Waals surface area contributed by atoms with Gasteiger partial charge in [0, 0.05) is 12.6 Å². The monoisotopic (exact) mass is 85.1 g/mol. The zero-order valence-electron chi connectivity index (χ0n) is 3.44. The fraction of sp³-hybridized carbons (Fsp3) is 0.500. The first-order chi connectivity index (χ1) is 2.91. The van der Waals surface area contributed by atoms with Gasteiger partial charge in [0.05, 0.1) is 6.61 Å². The van der Waals surface area contributed by atoms with Gasteiger partial charge in [-0.2, -0.15) is 0 Å². The van der Waals surface area contributed by atoms with Crippen LogP contribution in [0, 0.1) is 12.5 Å². The van der Waals surface area contributed by atoms with Crippen molar-refractivity contribution >= 4 is 0 Å². The van der Waals surface area contributed by atoms with Crippen LogP contribution in [0.25, 0.3) is 0 Å². The lowest BCUT2D eigenvalue weighted by Gasteiger charge is -1.86. The van der Waals surface area contributed by atoms with Crippen LogP contribution in [-0.4, -0.2) is 18.3 Å². The number of hydrogen-bond acceptors (Lipinski definition) is 2. The molecule has 0 bridgehead atoms. The lowest BCUT2D eigenvalue weighted by atomic mass is 10.7. The fourth-order valence-electron chi connectivity index (χ4n) is 0.128. The molecule has 0 saturated heterocycles. The maximum Gasteiger partial charge on any atom is 0.0611 e. The molecule has 6 heavy (non-hydrogen) atoms. The minimum absolute atomic E-state index is 0.101. The van der Waals surface area contributed by atoms with E-state index in [0.717, 1.165) is 0 Å². The van der Waals surface area contributed by atoms with Crippen molar-refractivity contribution in [2.45, 2.75) is 0 Å². The van der Waals surface area contributed by atoms with Gasteiger partial charge in [0.25, 0.3) is 0 Å². The summed E-state index contributed by atoms with van der Waals surface area (Å²) in [6.07, 6.45) is 4.74. The molecule has 0 fully saturated rings. The van der Waals surface area contributed by atoms with Crippen LogP contribution < -0.4 is 5.32 Å². The van der Waals surface area contributed by atoms with Gasteiger partial charge in [0.15, 0.2) is 0 Å². The largest absolute Gasteiger partial charge is 0.395 e. The van der Waals surface area contributed by atoms with Gasteiger partial charge >= 0.3 is 0 Å². The van der Waals surface area contributed by atoms with E-state index in [1.54, 1.807) is 0 Å². The molecule has 0 saturated carbocycles. The van der Waals surface area contributed by atoms with Crippen molar-refractivity contribution in [3.05, 3.63) is 0 Å². The highest BCUT2D eigenvalue weighted by Crippen LogP contribution is 1.46. The van der Waals surface area contributed by atoms with E-state index in [-0.39, 0.29) is 6.61 Å². The van der Waals surface area contributed by atoms with Crippen molar-refractivity contribution in [2.24, 2.45) is 0 Å². The van der Waals surface area contributed by atoms with E-state index in [1.807, 2.05) is 0 Å². The lowest BCUT2D eigenvalue weighted by Crippen LogP contribution is -2.10. The first-order valence-corrected chi connectivity index (χ1v) is 1.71. The van der Waals surface area contributed by atoms with Crippen molar-refractivity contribution in [1.82, 2.24) is 5.32 Å². The summed E-state index contributed by atoms with van der Waals surface area (Å²) in [4.78, 5) is 0. The Balaban J connectivity index is 2.54. The molecular formula is C4H7NO. The first kappa shape index (κ1) is 5.32. The first-order valence-electron chi connectivity index (χ1n) is 1.71. The molecule has 2 N–H and O–H groups in total. The van der Waals surface area contributed by atoms with Crippen LogP contribution in [0.3, 0.4) is 0 Å². The summed E-state index contributed by atoms with van der Waals surface area (Å²) in [7, 11) is 0. The number of terminal acetylenes is 1. The molecule has 2 nitrogen and oxygen atoms in total. The Labute approximate surface area is 37.2 Å². The van der Waals surface area contributed by atoms with Crippen LogP contribution in [0.1, 0.15) is 0 Å². The van der Waals surface area contributed by atoms with Crippen molar-refractivity contribution < 1.29 is 5.11 Å². The Bertz CT molecular complexity index is 55.1. The van der Waals surface area contributed by atoms with Gasteiger partial charge in [-0.3, -0.25) is 0 Å². The van der Waals surface area contributed by atoms with Crippen LogP contribution in [0.15, 0.2) is 0 Å². The summed E-state index contributed by atoms with van der Waals surface area (Å²) >= 11 is 0. The SMILES string of the molecule is C#CNCCO. The predicted molar refractivity (Wildman–Crippen MR) is 23.9 cm³/mol. The standard InChI is InChI=1S/C4H7NO/c1-2-5-3-4-6/h1,5-6H,3-4H2. The molecular weight excluding hydrogens is 78.0 g/mol. The molecule has 0 amide bonds. The maximum atomic E-state index is 8.04. The van der Waals surface area contributed by atoms with E-state index in [2.05, 4.69) is 11.4 Å². The number of rotatable bonds is 2. The van der Waals surface area contributed by atoms with Crippen LogP contribution in [0.4, 0.5) is 0 Å². The van der Waals surface area contributed by atoms with E-state index in [9.17, 15) is 0 Å². The zero-order valence-corrected chi connectivity index (χ0v) is 3.44. The Morgan fingerprint density at radius 2 is 2.50 bits per heavy atom. The molecule has 0 aromatic heterocycles. The minimum Gasteiger partial charge on any atom is -0.395 e. The van der Waals surface area contributed by atoms with Crippen LogP contribution in [0.2, 0.25) is 0 Å². The molecule has 0 atom stereocenters. The molecule has 0 aromatic rings. The van der Waals surface area contributed by atoms with E-state index in [1.165, 1.54) is 0 Å². The van der Waals surface area contributed by atoms with E-state index < -0.39 is 0 Å². The van der Waals surface area contributed by atoms with Gasteiger partial charge in [-0.15, -0.1) is 0 Å². The molecule has 0 heterocycles. The topological polar surface area (TPSA) is 32.3 Å². The molecule has 2 heteroatoms. The Hall–Kier alpha value is -0.680. The second-order valence-electron chi connectivity index (χ2n) is 0.795. The van der Waals surface area contributed by atoms with Gasteiger partial charge in [-0.1, -0.05) is 6.42 Å². The van der Waals surface area contributed by atoms with Crippen LogP contribution in [0.5, 0.6) is 0 Å². The number of aliphatic hydroxyl groups is 1. The summed E-state index contributed by atoms with van der Waals surface area (Å²) in [5, 5.41) is 10.5. The van der Waals surface area contributed by atoms with Crippen LogP contribution >= 0.6 is 0 Å². The number of nitrogens with one attached hydrogen (secondary N) is 1. The van der Waals surface area contributed by atoms with Gasteiger partial charge in [0.1, 0.15) is 0 Å². The summed E-state index contributed by atoms with van der Waals surface area (Å²) in [5.41, 5.74) is 0. The number of hydrogen-bond donors (Lipinski definition) is 2. The molecule has 0 unspecified atom stereocenters.